The number of carbonyl (C=O) groups is 2. The van der Waals surface area contributed by atoms with E-state index in [1.165, 1.54) is 0 Å². The predicted molar refractivity (Wildman–Crippen MR) is 88.1 cm³/mol. The van der Waals surface area contributed by atoms with Crippen LogP contribution in [0.4, 0.5) is 5.69 Å². The van der Waals surface area contributed by atoms with E-state index in [9.17, 15) is 9.59 Å². The van der Waals surface area contributed by atoms with Gasteiger partial charge in [-0.2, -0.15) is 0 Å². The minimum atomic E-state index is -0.574. The molecule has 1 aromatic rings. The Morgan fingerprint density at radius 2 is 2.05 bits per heavy atom. The summed E-state index contributed by atoms with van der Waals surface area (Å²) in [7, 11) is 0. The molecular weight excluding hydrogens is 302 g/mol. The number of rotatable bonds is 5. The number of nitrogens with two attached hydrogens (primary N) is 1. The summed E-state index contributed by atoms with van der Waals surface area (Å²) in [5, 5.41) is 3.23. The summed E-state index contributed by atoms with van der Waals surface area (Å²) in [6.45, 7) is 3.46. The Kier molecular flexibility index (Phi) is 5.80. The van der Waals surface area contributed by atoms with E-state index in [4.69, 9.17) is 17.3 Å². The van der Waals surface area contributed by atoms with Crippen molar-refractivity contribution in [3.8, 4) is 0 Å². The zero-order chi connectivity index (χ0) is 16.1. The molecule has 120 valence electrons. The summed E-state index contributed by atoms with van der Waals surface area (Å²) in [6, 6.07) is 4.34. The van der Waals surface area contributed by atoms with Crippen molar-refractivity contribution in [2.75, 3.05) is 18.4 Å². The van der Waals surface area contributed by atoms with Gasteiger partial charge in [-0.1, -0.05) is 24.9 Å². The van der Waals surface area contributed by atoms with E-state index in [-0.39, 0.29) is 11.8 Å². The maximum atomic E-state index is 12.6. The Morgan fingerprint density at radius 3 is 2.68 bits per heavy atom. The van der Waals surface area contributed by atoms with Gasteiger partial charge in [-0.3, -0.25) is 9.59 Å². The Hall–Kier alpha value is -1.59. The number of benzene rings is 1. The van der Waals surface area contributed by atoms with Gasteiger partial charge >= 0.3 is 0 Å². The largest absolute Gasteiger partial charge is 0.339 e. The molecule has 1 atom stereocenters. The Labute approximate surface area is 135 Å². The molecule has 1 fully saturated rings. The molecule has 2 amide bonds. The van der Waals surface area contributed by atoms with Crippen LogP contribution in [0.3, 0.4) is 0 Å². The maximum Gasteiger partial charge on any atom is 0.256 e. The van der Waals surface area contributed by atoms with Gasteiger partial charge < -0.3 is 16.0 Å². The van der Waals surface area contributed by atoms with Crippen molar-refractivity contribution >= 4 is 29.1 Å². The van der Waals surface area contributed by atoms with Crippen molar-refractivity contribution in [1.29, 1.82) is 0 Å². The van der Waals surface area contributed by atoms with Crippen LogP contribution in [0.2, 0.25) is 5.02 Å². The van der Waals surface area contributed by atoms with Gasteiger partial charge in [0.1, 0.15) is 0 Å². The van der Waals surface area contributed by atoms with Crippen molar-refractivity contribution < 1.29 is 9.59 Å². The smallest absolute Gasteiger partial charge is 0.256 e. The lowest BCUT2D eigenvalue weighted by Gasteiger charge is -2.19. The normalized spacial score (nSPS) is 15.7. The number of nitrogens with one attached hydrogen (secondary N) is 1. The molecule has 3 N–H and O–H groups in total. The first kappa shape index (κ1) is 16.8. The maximum absolute atomic E-state index is 12.6. The highest BCUT2D eigenvalue weighted by molar-refractivity contribution is 6.31. The molecule has 0 radical (unpaired) electrons. The number of halogens is 1. The highest BCUT2D eigenvalue weighted by atomic mass is 35.5. The first-order chi connectivity index (χ1) is 10.5. The van der Waals surface area contributed by atoms with Crippen LogP contribution < -0.4 is 11.1 Å². The zero-order valence-electron chi connectivity index (χ0n) is 12.8. The molecule has 1 aliphatic heterocycles. The Bertz CT molecular complexity index is 556. The van der Waals surface area contributed by atoms with Crippen LogP contribution in [-0.2, 0) is 4.79 Å². The molecule has 0 saturated carbocycles. The average Bonchev–Trinajstić information content (AvgIpc) is 3.02. The first-order valence-corrected chi connectivity index (χ1v) is 8.06. The van der Waals surface area contributed by atoms with Crippen molar-refractivity contribution in [3.63, 3.8) is 0 Å². The van der Waals surface area contributed by atoms with Gasteiger partial charge in [-0.25, -0.2) is 0 Å². The summed E-state index contributed by atoms with van der Waals surface area (Å²) in [6.07, 6.45) is 3.45. The number of amides is 2. The molecule has 22 heavy (non-hydrogen) atoms. The lowest BCUT2D eigenvalue weighted by molar-refractivity contribution is -0.117. The fourth-order valence-corrected chi connectivity index (χ4v) is 2.73. The SMILES string of the molecule is CCCC(N)C(=O)Nc1ccc(Cl)cc1C(=O)N1CCCC1. The molecule has 1 unspecified atom stereocenters. The van der Waals surface area contributed by atoms with E-state index in [1.807, 2.05) is 6.92 Å². The summed E-state index contributed by atoms with van der Waals surface area (Å²) < 4.78 is 0. The minimum absolute atomic E-state index is 0.0978. The summed E-state index contributed by atoms with van der Waals surface area (Å²) in [5.41, 5.74) is 6.71. The minimum Gasteiger partial charge on any atom is -0.339 e. The molecule has 1 aliphatic rings. The number of hydrogen-bond donors (Lipinski definition) is 2. The van der Waals surface area contributed by atoms with Gasteiger partial charge in [-0.15, -0.1) is 0 Å². The van der Waals surface area contributed by atoms with Crippen molar-refractivity contribution in [3.05, 3.63) is 28.8 Å². The van der Waals surface area contributed by atoms with Gasteiger partial charge in [0.15, 0.2) is 0 Å². The Morgan fingerprint density at radius 1 is 1.36 bits per heavy atom. The average molecular weight is 324 g/mol. The van der Waals surface area contributed by atoms with E-state index < -0.39 is 6.04 Å². The summed E-state index contributed by atoms with van der Waals surface area (Å²) in [4.78, 5) is 26.5. The lowest BCUT2D eigenvalue weighted by atomic mass is 10.1. The molecule has 2 rings (SSSR count). The second-order valence-electron chi connectivity index (χ2n) is 5.57. The first-order valence-electron chi connectivity index (χ1n) is 7.68. The number of anilines is 1. The van der Waals surface area contributed by atoms with E-state index in [2.05, 4.69) is 5.32 Å². The van der Waals surface area contributed by atoms with E-state index in [0.29, 0.717) is 22.7 Å². The number of carbonyl (C=O) groups excluding carboxylic acids is 2. The number of likely N-dealkylation sites (tertiary alicyclic amines) is 1. The van der Waals surface area contributed by atoms with Crippen LogP contribution in [0.5, 0.6) is 0 Å². The lowest BCUT2D eigenvalue weighted by Crippen LogP contribution is -2.36. The highest BCUT2D eigenvalue weighted by Crippen LogP contribution is 2.24. The monoisotopic (exact) mass is 323 g/mol. The third kappa shape index (κ3) is 3.99. The van der Waals surface area contributed by atoms with Gasteiger partial charge in [0.2, 0.25) is 5.91 Å². The van der Waals surface area contributed by atoms with Crippen molar-refractivity contribution in [1.82, 2.24) is 4.90 Å². The molecule has 5 nitrogen and oxygen atoms in total. The molecule has 6 heteroatoms. The van der Waals surface area contributed by atoms with Crippen molar-refractivity contribution in [2.24, 2.45) is 5.73 Å². The summed E-state index contributed by atoms with van der Waals surface area (Å²) >= 11 is 6.01. The second-order valence-corrected chi connectivity index (χ2v) is 6.01. The highest BCUT2D eigenvalue weighted by Gasteiger charge is 2.23. The fraction of sp³-hybridized carbons (Fsp3) is 0.500. The summed E-state index contributed by atoms with van der Waals surface area (Å²) in [5.74, 6) is -0.376. The standard InChI is InChI=1S/C16H22ClN3O2/c1-2-5-13(18)15(21)19-14-7-6-11(17)10-12(14)16(22)20-8-3-4-9-20/h6-7,10,13H,2-5,8-9,18H2,1H3,(H,19,21). The fourth-order valence-electron chi connectivity index (χ4n) is 2.56. The molecule has 1 saturated heterocycles. The topological polar surface area (TPSA) is 75.4 Å². The van der Waals surface area contributed by atoms with Gasteiger partial charge in [0.25, 0.3) is 5.91 Å². The second kappa shape index (κ2) is 7.61. The van der Waals surface area contributed by atoms with E-state index in [0.717, 1.165) is 32.4 Å². The van der Waals surface area contributed by atoms with E-state index >= 15 is 0 Å². The molecule has 1 aromatic carbocycles. The number of nitrogens with zero attached hydrogens (tertiary/aromatic N) is 1. The molecule has 0 spiro atoms. The quantitative estimate of drug-likeness (QED) is 0.874. The van der Waals surface area contributed by atoms with Crippen LogP contribution in [0, 0.1) is 0 Å². The van der Waals surface area contributed by atoms with Crippen LogP contribution in [0.15, 0.2) is 18.2 Å². The van der Waals surface area contributed by atoms with Gasteiger partial charge in [0.05, 0.1) is 17.3 Å². The Balaban J connectivity index is 2.20. The van der Waals surface area contributed by atoms with Crippen LogP contribution >= 0.6 is 11.6 Å². The van der Waals surface area contributed by atoms with E-state index in [1.54, 1.807) is 23.1 Å². The van der Waals surface area contributed by atoms with Gasteiger partial charge in [0, 0.05) is 18.1 Å². The third-order valence-electron chi connectivity index (χ3n) is 3.80. The molecule has 0 bridgehead atoms. The van der Waals surface area contributed by atoms with Crippen LogP contribution in [0.1, 0.15) is 43.0 Å². The zero-order valence-corrected chi connectivity index (χ0v) is 13.5. The number of hydrogen-bond acceptors (Lipinski definition) is 3. The molecule has 0 aromatic heterocycles. The molecule has 0 aliphatic carbocycles. The van der Waals surface area contributed by atoms with Gasteiger partial charge in [-0.05, 0) is 37.5 Å². The van der Waals surface area contributed by atoms with Crippen molar-refractivity contribution in [2.45, 2.75) is 38.6 Å². The third-order valence-corrected chi connectivity index (χ3v) is 4.03. The molecular formula is C16H22ClN3O2. The predicted octanol–water partition coefficient (Wildman–Crippen LogP) is 2.64. The van der Waals surface area contributed by atoms with Crippen LogP contribution in [0.25, 0.3) is 0 Å². The molecule has 1 heterocycles. The van der Waals surface area contributed by atoms with Crippen LogP contribution in [-0.4, -0.2) is 35.8 Å².